The number of esters is 3. The zero-order valence-corrected chi connectivity index (χ0v) is 53.2. The van der Waals surface area contributed by atoms with Gasteiger partial charge in [0.2, 0.25) is 0 Å². The molecule has 0 fully saturated rings. The van der Waals surface area contributed by atoms with Crippen LogP contribution in [0.5, 0.6) is 0 Å². The van der Waals surface area contributed by atoms with Crippen LogP contribution in [-0.4, -0.2) is 37.2 Å². The summed E-state index contributed by atoms with van der Waals surface area (Å²) in [6.07, 6.45) is 85.7. The SMILES string of the molecule is CCCCC/C=C\C/C=C\C/C=C\CCCCCCCCC(=O)OC(COC(=O)CCCCCCC/C=C\CCCCCCCC)COC(=O)CCCCCCCCCCCCCCCCCCCCCCCCCCCCC. The summed E-state index contributed by atoms with van der Waals surface area (Å²) in [5.74, 6) is -0.874. The van der Waals surface area contributed by atoms with E-state index in [0.717, 1.165) is 89.9 Å². The van der Waals surface area contributed by atoms with Crippen LogP contribution in [0.25, 0.3) is 0 Å². The molecule has 0 aromatic heterocycles. The van der Waals surface area contributed by atoms with Crippen molar-refractivity contribution in [1.82, 2.24) is 0 Å². The second-order valence-electron chi connectivity index (χ2n) is 23.8. The van der Waals surface area contributed by atoms with Crippen LogP contribution in [0.2, 0.25) is 0 Å². The molecule has 79 heavy (non-hydrogen) atoms. The van der Waals surface area contributed by atoms with Crippen molar-refractivity contribution in [2.75, 3.05) is 13.2 Å². The first-order chi connectivity index (χ1) is 39.0. The van der Waals surface area contributed by atoms with E-state index in [9.17, 15) is 14.4 Å². The Kier molecular flexibility index (Phi) is 65.6. The molecular formula is C73H134O6. The first-order valence-corrected chi connectivity index (χ1v) is 35.1. The third-order valence-corrected chi connectivity index (χ3v) is 15.8. The molecule has 0 radical (unpaired) electrons. The van der Waals surface area contributed by atoms with Gasteiger partial charge in [-0.2, -0.15) is 0 Å². The zero-order valence-electron chi connectivity index (χ0n) is 53.2. The molecule has 0 aliphatic heterocycles. The Morgan fingerprint density at radius 2 is 0.456 bits per heavy atom. The highest BCUT2D eigenvalue weighted by Gasteiger charge is 2.19. The lowest BCUT2D eigenvalue weighted by Crippen LogP contribution is -2.30. The predicted molar refractivity (Wildman–Crippen MR) is 344 cm³/mol. The number of rotatable bonds is 65. The molecule has 0 aliphatic carbocycles. The van der Waals surface area contributed by atoms with E-state index in [-0.39, 0.29) is 31.1 Å². The fraction of sp³-hybridized carbons (Fsp3) is 0.849. The van der Waals surface area contributed by atoms with E-state index in [4.69, 9.17) is 14.2 Å². The quantitative estimate of drug-likeness (QED) is 0.0261. The Morgan fingerprint density at radius 3 is 0.747 bits per heavy atom. The van der Waals surface area contributed by atoms with Crippen LogP contribution in [0.3, 0.4) is 0 Å². The molecule has 6 heteroatoms. The third kappa shape index (κ3) is 66.1. The predicted octanol–water partition coefficient (Wildman–Crippen LogP) is 24.1. The van der Waals surface area contributed by atoms with Crippen molar-refractivity contribution in [3.8, 4) is 0 Å². The van der Waals surface area contributed by atoms with Gasteiger partial charge in [-0.3, -0.25) is 14.4 Å². The van der Waals surface area contributed by atoms with Crippen molar-refractivity contribution in [3.63, 3.8) is 0 Å². The average molecular weight is 1110 g/mol. The van der Waals surface area contributed by atoms with Gasteiger partial charge in [-0.15, -0.1) is 0 Å². The summed E-state index contributed by atoms with van der Waals surface area (Å²) in [6.45, 7) is 6.66. The van der Waals surface area contributed by atoms with E-state index in [0.29, 0.717) is 19.3 Å². The van der Waals surface area contributed by atoms with Crippen LogP contribution in [-0.2, 0) is 28.6 Å². The molecule has 0 heterocycles. The van der Waals surface area contributed by atoms with Crippen molar-refractivity contribution >= 4 is 17.9 Å². The molecule has 0 saturated heterocycles. The maximum absolute atomic E-state index is 12.9. The molecule has 1 atom stereocenters. The van der Waals surface area contributed by atoms with Crippen LogP contribution in [0.4, 0.5) is 0 Å². The van der Waals surface area contributed by atoms with Gasteiger partial charge < -0.3 is 14.2 Å². The zero-order chi connectivity index (χ0) is 57.1. The minimum atomic E-state index is -0.783. The maximum atomic E-state index is 12.9. The lowest BCUT2D eigenvalue weighted by Gasteiger charge is -2.18. The summed E-state index contributed by atoms with van der Waals surface area (Å²) < 4.78 is 17.0. The van der Waals surface area contributed by atoms with Gasteiger partial charge in [0.25, 0.3) is 0 Å². The number of unbranched alkanes of at least 4 members (excludes halogenated alkanes) is 46. The van der Waals surface area contributed by atoms with E-state index < -0.39 is 6.10 Å². The number of ether oxygens (including phenoxy) is 3. The molecule has 0 aromatic rings. The molecule has 1 unspecified atom stereocenters. The van der Waals surface area contributed by atoms with Gasteiger partial charge in [0, 0.05) is 19.3 Å². The standard InChI is InChI=1S/C73H134O6/c1-4-7-10-13-16-19-22-25-28-30-32-33-34-35-36-37-38-39-41-42-45-48-51-54-57-60-63-66-72(75)78-69-70(68-77-71(74)65-62-59-56-53-50-47-44-27-24-21-18-15-12-9-6-3)79-73(76)67-64-61-58-55-52-49-46-43-40-31-29-26-23-20-17-14-11-8-5-2/h17,20,26-27,29,40,43-44,70H,4-16,18-19,21-25,28,30-39,41-42,45-69H2,1-3H3/b20-17-,29-26-,43-40-,44-27-. The summed E-state index contributed by atoms with van der Waals surface area (Å²) in [7, 11) is 0. The van der Waals surface area contributed by atoms with Crippen molar-refractivity contribution in [3.05, 3.63) is 48.6 Å². The van der Waals surface area contributed by atoms with E-state index in [2.05, 4.69) is 69.4 Å². The highest BCUT2D eigenvalue weighted by Crippen LogP contribution is 2.18. The van der Waals surface area contributed by atoms with Crippen LogP contribution in [0.1, 0.15) is 380 Å². The van der Waals surface area contributed by atoms with Gasteiger partial charge in [0.05, 0.1) is 0 Å². The monoisotopic (exact) mass is 1110 g/mol. The van der Waals surface area contributed by atoms with Gasteiger partial charge in [-0.25, -0.2) is 0 Å². The molecule has 0 N–H and O–H groups in total. The van der Waals surface area contributed by atoms with E-state index in [1.807, 2.05) is 0 Å². The number of allylic oxidation sites excluding steroid dienone is 8. The second-order valence-corrected chi connectivity index (χ2v) is 23.8. The Bertz CT molecular complexity index is 1360. The molecule has 0 spiro atoms. The minimum Gasteiger partial charge on any atom is -0.462 e. The maximum Gasteiger partial charge on any atom is 0.306 e. The van der Waals surface area contributed by atoms with Gasteiger partial charge in [-0.1, -0.05) is 326 Å². The largest absolute Gasteiger partial charge is 0.462 e. The van der Waals surface area contributed by atoms with Crippen molar-refractivity contribution in [2.24, 2.45) is 0 Å². The van der Waals surface area contributed by atoms with Crippen LogP contribution < -0.4 is 0 Å². The highest BCUT2D eigenvalue weighted by molar-refractivity contribution is 5.71. The fourth-order valence-corrected chi connectivity index (χ4v) is 10.5. The average Bonchev–Trinajstić information content (AvgIpc) is 3.45. The highest BCUT2D eigenvalue weighted by atomic mass is 16.6. The lowest BCUT2D eigenvalue weighted by atomic mass is 10.0. The smallest absolute Gasteiger partial charge is 0.306 e. The summed E-state index contributed by atoms with van der Waals surface area (Å²) >= 11 is 0. The topological polar surface area (TPSA) is 78.9 Å². The molecule has 0 rings (SSSR count). The molecule has 6 nitrogen and oxygen atoms in total. The number of hydrogen-bond donors (Lipinski definition) is 0. The number of carbonyl (C=O) groups excluding carboxylic acids is 3. The van der Waals surface area contributed by atoms with Gasteiger partial charge in [0.1, 0.15) is 13.2 Å². The molecule has 0 aliphatic rings. The Labute approximate surface area is 492 Å². The third-order valence-electron chi connectivity index (χ3n) is 15.8. The molecule has 0 amide bonds. The lowest BCUT2D eigenvalue weighted by molar-refractivity contribution is -0.167. The van der Waals surface area contributed by atoms with Crippen molar-refractivity contribution < 1.29 is 28.6 Å². The Balaban J connectivity index is 4.26. The van der Waals surface area contributed by atoms with Crippen LogP contribution in [0.15, 0.2) is 48.6 Å². The number of carbonyl (C=O) groups is 3. The normalized spacial score (nSPS) is 12.3. The molecular weight excluding hydrogens is 973 g/mol. The van der Waals surface area contributed by atoms with Gasteiger partial charge in [-0.05, 0) is 83.5 Å². The Hall–Kier alpha value is -2.63. The summed E-state index contributed by atoms with van der Waals surface area (Å²) in [6, 6.07) is 0. The van der Waals surface area contributed by atoms with Gasteiger partial charge in [0.15, 0.2) is 6.10 Å². The molecule has 462 valence electrons. The Morgan fingerprint density at radius 1 is 0.253 bits per heavy atom. The molecule has 0 aromatic carbocycles. The minimum absolute atomic E-state index is 0.0773. The fourth-order valence-electron chi connectivity index (χ4n) is 10.5. The molecule has 0 bridgehead atoms. The summed E-state index contributed by atoms with van der Waals surface area (Å²) in [5, 5.41) is 0. The van der Waals surface area contributed by atoms with E-state index >= 15 is 0 Å². The first kappa shape index (κ1) is 76.4. The second kappa shape index (κ2) is 67.9. The van der Waals surface area contributed by atoms with E-state index in [1.54, 1.807) is 0 Å². The van der Waals surface area contributed by atoms with E-state index in [1.165, 1.54) is 250 Å². The van der Waals surface area contributed by atoms with Gasteiger partial charge >= 0.3 is 17.9 Å². The van der Waals surface area contributed by atoms with Crippen molar-refractivity contribution in [1.29, 1.82) is 0 Å². The van der Waals surface area contributed by atoms with Crippen LogP contribution in [0, 0.1) is 0 Å². The molecule has 0 saturated carbocycles. The van der Waals surface area contributed by atoms with Crippen LogP contribution >= 0.6 is 0 Å². The van der Waals surface area contributed by atoms with Crippen molar-refractivity contribution in [2.45, 2.75) is 386 Å². The summed E-state index contributed by atoms with van der Waals surface area (Å²) in [5.41, 5.74) is 0. The summed E-state index contributed by atoms with van der Waals surface area (Å²) in [4.78, 5) is 38.4. The number of hydrogen-bond acceptors (Lipinski definition) is 6. The first-order valence-electron chi connectivity index (χ1n) is 35.1.